The van der Waals surface area contributed by atoms with Gasteiger partial charge < -0.3 is 10.4 Å². The Kier molecular flexibility index (Phi) is 4.42. The Labute approximate surface area is 116 Å². The normalized spacial score (nSPS) is 10.5. The molecule has 0 unspecified atom stereocenters. The number of carbonyl (C=O) groups is 1. The molecule has 0 spiro atoms. The standard InChI is InChI=1S/C15H15FN2O2/c1-10-4-5-17-8-12(10)9-18-7-11-2-3-13(15(19)20)14(16)6-11/h2-6,8,18H,7,9H2,1H3,(H,19,20). The molecule has 2 N–H and O–H groups in total. The van der Waals surface area contributed by atoms with Crippen molar-refractivity contribution in [3.63, 3.8) is 0 Å². The highest BCUT2D eigenvalue weighted by Crippen LogP contribution is 2.11. The Morgan fingerprint density at radius 2 is 2.15 bits per heavy atom. The molecule has 4 nitrogen and oxygen atoms in total. The van der Waals surface area contributed by atoms with Crippen LogP contribution >= 0.6 is 0 Å². The van der Waals surface area contributed by atoms with Crippen LogP contribution in [-0.2, 0) is 13.1 Å². The Morgan fingerprint density at radius 1 is 1.35 bits per heavy atom. The lowest BCUT2D eigenvalue weighted by Gasteiger charge is -2.08. The van der Waals surface area contributed by atoms with E-state index in [0.29, 0.717) is 18.7 Å². The van der Waals surface area contributed by atoms with Crippen molar-refractivity contribution in [3.8, 4) is 0 Å². The fraction of sp³-hybridized carbons (Fsp3) is 0.200. The third-order valence-corrected chi connectivity index (χ3v) is 3.06. The van der Waals surface area contributed by atoms with E-state index in [1.54, 1.807) is 18.5 Å². The number of pyridine rings is 1. The zero-order chi connectivity index (χ0) is 14.5. The summed E-state index contributed by atoms with van der Waals surface area (Å²) in [7, 11) is 0. The summed E-state index contributed by atoms with van der Waals surface area (Å²) in [5.41, 5.74) is 2.61. The van der Waals surface area contributed by atoms with Gasteiger partial charge >= 0.3 is 5.97 Å². The number of aromatic carboxylic acids is 1. The lowest BCUT2D eigenvalue weighted by Crippen LogP contribution is -2.14. The third kappa shape index (κ3) is 3.39. The quantitative estimate of drug-likeness (QED) is 0.879. The number of benzene rings is 1. The van der Waals surface area contributed by atoms with Crippen LogP contribution in [0.3, 0.4) is 0 Å². The predicted molar refractivity (Wildman–Crippen MR) is 72.9 cm³/mol. The van der Waals surface area contributed by atoms with E-state index in [1.807, 2.05) is 13.0 Å². The first-order valence-corrected chi connectivity index (χ1v) is 6.20. The molecule has 0 radical (unpaired) electrons. The number of carboxylic acid groups (broad SMARTS) is 1. The van der Waals surface area contributed by atoms with E-state index in [9.17, 15) is 9.18 Å². The van der Waals surface area contributed by atoms with Crippen LogP contribution in [0.5, 0.6) is 0 Å². The maximum absolute atomic E-state index is 13.5. The van der Waals surface area contributed by atoms with Crippen LogP contribution in [0.2, 0.25) is 0 Å². The van der Waals surface area contributed by atoms with Crippen LogP contribution in [0, 0.1) is 12.7 Å². The molecular weight excluding hydrogens is 259 g/mol. The highest BCUT2D eigenvalue weighted by Gasteiger charge is 2.10. The van der Waals surface area contributed by atoms with Crippen molar-refractivity contribution in [2.24, 2.45) is 0 Å². The van der Waals surface area contributed by atoms with E-state index in [2.05, 4.69) is 10.3 Å². The van der Waals surface area contributed by atoms with Gasteiger partial charge in [-0.3, -0.25) is 4.98 Å². The minimum atomic E-state index is -1.26. The summed E-state index contributed by atoms with van der Waals surface area (Å²) in [6.07, 6.45) is 3.52. The van der Waals surface area contributed by atoms with Gasteiger partial charge in [-0.15, -0.1) is 0 Å². The molecule has 1 aromatic carbocycles. The van der Waals surface area contributed by atoms with Gasteiger partial charge in [0.25, 0.3) is 0 Å². The van der Waals surface area contributed by atoms with Crippen molar-refractivity contribution in [2.45, 2.75) is 20.0 Å². The molecule has 0 aliphatic heterocycles. The Balaban J connectivity index is 1.97. The van der Waals surface area contributed by atoms with Crippen molar-refractivity contribution in [3.05, 3.63) is 64.7 Å². The largest absolute Gasteiger partial charge is 0.478 e. The molecule has 104 valence electrons. The number of rotatable bonds is 5. The lowest BCUT2D eigenvalue weighted by molar-refractivity contribution is 0.0692. The van der Waals surface area contributed by atoms with E-state index in [0.717, 1.165) is 11.1 Å². The Morgan fingerprint density at radius 3 is 2.80 bits per heavy atom. The average molecular weight is 274 g/mol. The second kappa shape index (κ2) is 6.25. The molecule has 1 heterocycles. The summed E-state index contributed by atoms with van der Waals surface area (Å²) >= 11 is 0. The van der Waals surface area contributed by atoms with Crippen LogP contribution in [0.25, 0.3) is 0 Å². The molecule has 5 heteroatoms. The van der Waals surface area contributed by atoms with Crippen molar-refractivity contribution < 1.29 is 14.3 Å². The van der Waals surface area contributed by atoms with Gasteiger partial charge in [0.1, 0.15) is 5.82 Å². The number of carboxylic acids is 1. The maximum atomic E-state index is 13.5. The monoisotopic (exact) mass is 274 g/mol. The van der Waals surface area contributed by atoms with Gasteiger partial charge in [0.05, 0.1) is 5.56 Å². The topological polar surface area (TPSA) is 62.2 Å². The van der Waals surface area contributed by atoms with Crippen molar-refractivity contribution >= 4 is 5.97 Å². The van der Waals surface area contributed by atoms with Gasteiger partial charge in [-0.1, -0.05) is 6.07 Å². The van der Waals surface area contributed by atoms with Gasteiger partial charge in [-0.05, 0) is 41.8 Å². The van der Waals surface area contributed by atoms with E-state index < -0.39 is 11.8 Å². The van der Waals surface area contributed by atoms with E-state index >= 15 is 0 Å². The number of hydrogen-bond acceptors (Lipinski definition) is 3. The second-order valence-corrected chi connectivity index (χ2v) is 4.53. The first-order valence-electron chi connectivity index (χ1n) is 6.20. The second-order valence-electron chi connectivity index (χ2n) is 4.53. The molecule has 0 amide bonds. The van der Waals surface area contributed by atoms with E-state index in [-0.39, 0.29) is 5.56 Å². The molecule has 2 rings (SSSR count). The first kappa shape index (κ1) is 14.1. The number of nitrogens with zero attached hydrogens (tertiary/aromatic N) is 1. The minimum Gasteiger partial charge on any atom is -0.478 e. The molecule has 2 aromatic rings. The molecule has 0 bridgehead atoms. The molecule has 0 saturated heterocycles. The summed E-state index contributed by atoms with van der Waals surface area (Å²) in [6, 6.07) is 6.06. The highest BCUT2D eigenvalue weighted by atomic mass is 19.1. The van der Waals surface area contributed by atoms with Gasteiger partial charge in [0.15, 0.2) is 0 Å². The van der Waals surface area contributed by atoms with Crippen LogP contribution in [0.15, 0.2) is 36.7 Å². The summed E-state index contributed by atoms with van der Waals surface area (Å²) in [6.45, 7) is 3.09. The molecule has 0 aliphatic carbocycles. The SMILES string of the molecule is Cc1ccncc1CNCc1ccc(C(=O)O)c(F)c1. The Hall–Kier alpha value is -2.27. The van der Waals surface area contributed by atoms with Crippen molar-refractivity contribution in [1.29, 1.82) is 0 Å². The molecule has 0 atom stereocenters. The minimum absolute atomic E-state index is 0.308. The molecule has 20 heavy (non-hydrogen) atoms. The number of halogens is 1. The predicted octanol–water partition coefficient (Wildman–Crippen LogP) is 2.52. The third-order valence-electron chi connectivity index (χ3n) is 3.06. The van der Waals surface area contributed by atoms with Crippen LogP contribution < -0.4 is 5.32 Å². The molecule has 1 aromatic heterocycles. The van der Waals surface area contributed by atoms with Crippen molar-refractivity contribution in [1.82, 2.24) is 10.3 Å². The summed E-state index contributed by atoms with van der Waals surface area (Å²) in [5, 5.41) is 11.9. The summed E-state index contributed by atoms with van der Waals surface area (Å²) < 4.78 is 13.5. The first-order chi connectivity index (χ1) is 9.58. The van der Waals surface area contributed by atoms with E-state index in [1.165, 1.54) is 12.1 Å². The zero-order valence-corrected chi connectivity index (χ0v) is 11.1. The molecule has 0 fully saturated rings. The number of nitrogens with one attached hydrogen (secondary N) is 1. The average Bonchev–Trinajstić information content (AvgIpc) is 2.40. The number of aromatic nitrogens is 1. The van der Waals surface area contributed by atoms with Gasteiger partial charge in [0, 0.05) is 25.5 Å². The maximum Gasteiger partial charge on any atom is 0.338 e. The van der Waals surface area contributed by atoms with Gasteiger partial charge in [-0.25, -0.2) is 9.18 Å². The Bertz CT molecular complexity index is 629. The number of aryl methyl sites for hydroxylation is 1. The highest BCUT2D eigenvalue weighted by molar-refractivity contribution is 5.87. The fourth-order valence-corrected chi connectivity index (χ4v) is 1.87. The fourth-order valence-electron chi connectivity index (χ4n) is 1.87. The van der Waals surface area contributed by atoms with Gasteiger partial charge in [-0.2, -0.15) is 0 Å². The van der Waals surface area contributed by atoms with Gasteiger partial charge in [0.2, 0.25) is 0 Å². The van der Waals surface area contributed by atoms with Crippen LogP contribution in [0.1, 0.15) is 27.0 Å². The molecular formula is C15H15FN2O2. The van der Waals surface area contributed by atoms with Crippen LogP contribution in [0.4, 0.5) is 4.39 Å². The summed E-state index contributed by atoms with van der Waals surface area (Å²) in [4.78, 5) is 14.8. The zero-order valence-electron chi connectivity index (χ0n) is 11.1. The summed E-state index contributed by atoms with van der Waals surface area (Å²) in [5.74, 6) is -1.97. The smallest absolute Gasteiger partial charge is 0.338 e. The molecule has 0 aliphatic rings. The van der Waals surface area contributed by atoms with Crippen molar-refractivity contribution in [2.75, 3.05) is 0 Å². The lowest BCUT2D eigenvalue weighted by atomic mass is 10.1. The van der Waals surface area contributed by atoms with Crippen LogP contribution in [-0.4, -0.2) is 16.1 Å². The molecule has 0 saturated carbocycles. The number of hydrogen-bond donors (Lipinski definition) is 2. The van der Waals surface area contributed by atoms with E-state index in [4.69, 9.17) is 5.11 Å².